The van der Waals surface area contributed by atoms with Gasteiger partial charge in [0.05, 0.1) is 21.7 Å². The lowest BCUT2D eigenvalue weighted by molar-refractivity contribution is -0.133. The first-order chi connectivity index (χ1) is 19.2. The van der Waals surface area contributed by atoms with Crippen LogP contribution in [0.15, 0.2) is 46.2 Å². The number of amides is 1. The Morgan fingerprint density at radius 2 is 1.98 bits per heavy atom. The second kappa shape index (κ2) is 12.4. The van der Waals surface area contributed by atoms with Gasteiger partial charge in [-0.1, -0.05) is 11.6 Å². The number of rotatable bonds is 11. The molecule has 3 fully saturated rings. The van der Waals surface area contributed by atoms with Crippen LogP contribution in [0.3, 0.4) is 0 Å². The fourth-order valence-corrected chi connectivity index (χ4v) is 7.17. The molecular weight excluding hydrogens is 581 g/mol. The van der Waals surface area contributed by atoms with E-state index in [1.807, 2.05) is 4.90 Å². The van der Waals surface area contributed by atoms with E-state index in [9.17, 15) is 23.2 Å². The number of anilines is 1. The highest BCUT2D eigenvalue weighted by Crippen LogP contribution is 2.65. The average molecular weight is 611 g/mol. The van der Waals surface area contributed by atoms with E-state index in [4.69, 9.17) is 16.3 Å². The molecule has 3 aliphatic rings. The summed E-state index contributed by atoms with van der Waals surface area (Å²) < 4.78 is 48.9. The van der Waals surface area contributed by atoms with Gasteiger partial charge in [0.1, 0.15) is 18.0 Å². The van der Waals surface area contributed by atoms with Crippen LogP contribution in [-0.4, -0.2) is 60.9 Å². The highest BCUT2D eigenvalue weighted by atomic mass is 35.5. The van der Waals surface area contributed by atoms with Crippen molar-refractivity contribution in [3.05, 3.63) is 52.8 Å². The minimum Gasteiger partial charge on any atom is -0.379 e. The van der Waals surface area contributed by atoms with Gasteiger partial charge >= 0.3 is 0 Å². The van der Waals surface area contributed by atoms with E-state index in [1.165, 1.54) is 23.9 Å². The summed E-state index contributed by atoms with van der Waals surface area (Å²) in [6.07, 6.45) is 2.71. The first-order valence-corrected chi connectivity index (χ1v) is 15.4. The summed E-state index contributed by atoms with van der Waals surface area (Å²) in [6, 6.07) is 11.6. The number of ether oxygens (including phenoxy) is 1. The molecule has 5 rings (SSSR count). The van der Waals surface area contributed by atoms with Crippen LogP contribution < -0.4 is 10.0 Å². The van der Waals surface area contributed by atoms with Crippen molar-refractivity contribution < 1.29 is 22.7 Å². The zero-order chi connectivity index (χ0) is 28.3. The molecule has 2 aromatic rings. The number of nitriles is 1. The van der Waals surface area contributed by atoms with Crippen LogP contribution in [0, 0.1) is 22.6 Å². The molecule has 40 heavy (non-hydrogen) atoms. The van der Waals surface area contributed by atoms with Gasteiger partial charge in [-0.3, -0.25) is 9.52 Å². The predicted octanol–water partition coefficient (Wildman–Crippen LogP) is 6.35. The molecule has 2 aromatic carbocycles. The van der Waals surface area contributed by atoms with E-state index < -0.39 is 17.4 Å². The Balaban J connectivity index is 1.23. The summed E-state index contributed by atoms with van der Waals surface area (Å²) in [5, 5.41) is 13.6. The summed E-state index contributed by atoms with van der Waals surface area (Å²) in [5.74, 6) is -2.47. The normalized spacial score (nSPS) is 21.7. The van der Waals surface area contributed by atoms with Crippen molar-refractivity contribution in [2.24, 2.45) is 5.41 Å². The van der Waals surface area contributed by atoms with Crippen molar-refractivity contribution in [3.8, 4) is 6.07 Å². The number of hydrogen-bond donors (Lipinski definition) is 2. The molecule has 1 saturated carbocycles. The fraction of sp³-hybridized carbons (Fsp3) is 0.500. The Bertz CT molecular complexity index is 1270. The summed E-state index contributed by atoms with van der Waals surface area (Å²) in [4.78, 5) is 16.0. The maximum Gasteiger partial charge on any atom is 0.259 e. The van der Waals surface area contributed by atoms with Crippen molar-refractivity contribution in [2.45, 2.75) is 60.0 Å². The predicted molar refractivity (Wildman–Crippen MR) is 151 cm³/mol. The molecule has 0 aromatic heterocycles. The maximum atomic E-state index is 13.6. The van der Waals surface area contributed by atoms with Gasteiger partial charge in [-0.15, -0.1) is 11.8 Å². The zero-order valence-electron chi connectivity index (χ0n) is 21.7. The molecule has 1 aliphatic carbocycles. The number of halogens is 4. The van der Waals surface area contributed by atoms with Crippen molar-refractivity contribution in [3.63, 3.8) is 0 Å². The molecule has 12 heteroatoms. The number of carbonyl (C=O) groups is 1. The highest BCUT2D eigenvalue weighted by Gasteiger charge is 2.75. The van der Waals surface area contributed by atoms with E-state index >= 15 is 0 Å². The number of alkyl halides is 2. The number of likely N-dealkylation sites (tertiary alicyclic amines) is 1. The molecule has 2 saturated heterocycles. The van der Waals surface area contributed by atoms with E-state index in [1.54, 1.807) is 24.3 Å². The number of thioether (sulfide) groups is 1. The van der Waals surface area contributed by atoms with E-state index in [-0.39, 0.29) is 24.2 Å². The number of hydrogen-bond acceptors (Lipinski definition) is 7. The molecular formula is C28H30ClF3N4O2S2. The monoisotopic (exact) mass is 610 g/mol. The molecule has 6 nitrogen and oxygen atoms in total. The molecule has 0 bridgehead atoms. The fourth-order valence-electron chi connectivity index (χ4n) is 5.16. The van der Waals surface area contributed by atoms with Crippen LogP contribution in [0.5, 0.6) is 0 Å². The Labute approximate surface area is 245 Å². The Morgan fingerprint density at radius 1 is 1.23 bits per heavy atom. The topological polar surface area (TPSA) is 77.4 Å². The van der Waals surface area contributed by atoms with Gasteiger partial charge in [0, 0.05) is 54.2 Å². The van der Waals surface area contributed by atoms with Gasteiger partial charge in [0.15, 0.2) is 0 Å². The second-order valence-corrected chi connectivity index (χ2v) is 13.0. The van der Waals surface area contributed by atoms with Crippen LogP contribution in [0.4, 0.5) is 18.9 Å². The molecule has 0 radical (unpaired) electrons. The van der Waals surface area contributed by atoms with Crippen LogP contribution in [0.1, 0.15) is 37.7 Å². The zero-order valence-corrected chi connectivity index (χ0v) is 24.1. The van der Waals surface area contributed by atoms with Gasteiger partial charge in [-0.25, -0.2) is 13.2 Å². The minimum absolute atomic E-state index is 0.0295. The molecule has 2 aliphatic heterocycles. The Morgan fingerprint density at radius 3 is 2.62 bits per heavy atom. The van der Waals surface area contributed by atoms with Gasteiger partial charge in [-0.05, 0) is 74.0 Å². The van der Waals surface area contributed by atoms with Crippen molar-refractivity contribution in [1.29, 1.82) is 5.26 Å². The lowest BCUT2D eigenvalue weighted by Crippen LogP contribution is -2.52. The van der Waals surface area contributed by atoms with E-state index in [0.717, 1.165) is 29.7 Å². The van der Waals surface area contributed by atoms with Crippen LogP contribution in [0.2, 0.25) is 5.02 Å². The largest absolute Gasteiger partial charge is 0.379 e. The average Bonchev–Trinajstić information content (AvgIpc) is 3.52. The van der Waals surface area contributed by atoms with Crippen LogP contribution >= 0.6 is 35.3 Å². The molecule has 2 unspecified atom stereocenters. The number of carbonyl (C=O) groups excluding carboxylic acids is 1. The van der Waals surface area contributed by atoms with Gasteiger partial charge in [0.25, 0.3) is 11.8 Å². The number of benzene rings is 2. The van der Waals surface area contributed by atoms with E-state index in [2.05, 4.69) is 16.1 Å². The molecule has 1 amide bonds. The smallest absolute Gasteiger partial charge is 0.259 e. The molecule has 1 spiro atoms. The van der Waals surface area contributed by atoms with Crippen LogP contribution in [0.25, 0.3) is 0 Å². The first-order valence-electron chi connectivity index (χ1n) is 13.3. The maximum absolute atomic E-state index is 13.6. The van der Waals surface area contributed by atoms with Crippen LogP contribution in [-0.2, 0) is 9.53 Å². The standard InChI is InChI=1S/C28H30ClF3N4O2S2/c29-23-12-22(40-35-26(37)24-3-1-2-10-38-24)11-18(13-33)25(23)34-20(14-39-21-6-4-19(30)5-7-21)8-9-36-16-27(17-36)15-28(27,31)32/h4-7,11-12,20,24,34H,1-3,8-10,14-17H2,(H,35,37). The van der Waals surface area contributed by atoms with Gasteiger partial charge < -0.3 is 15.0 Å². The summed E-state index contributed by atoms with van der Waals surface area (Å²) >= 11 is 9.25. The van der Waals surface area contributed by atoms with Gasteiger partial charge in [-0.2, -0.15) is 5.26 Å². The van der Waals surface area contributed by atoms with Crippen molar-refractivity contribution >= 4 is 46.9 Å². The molecule has 2 heterocycles. The molecule has 2 atom stereocenters. The number of nitrogens with zero attached hydrogens (tertiary/aromatic N) is 2. The third-order valence-corrected chi connectivity index (χ3v) is 9.84. The second-order valence-electron chi connectivity index (χ2n) is 10.6. The summed E-state index contributed by atoms with van der Waals surface area (Å²) in [5.41, 5.74) is -0.0216. The summed E-state index contributed by atoms with van der Waals surface area (Å²) in [7, 11) is 0. The third-order valence-electron chi connectivity index (χ3n) is 7.60. The lowest BCUT2D eigenvalue weighted by atomic mass is 9.95. The lowest BCUT2D eigenvalue weighted by Gasteiger charge is -2.40. The number of nitrogens with one attached hydrogen (secondary N) is 2. The van der Waals surface area contributed by atoms with Crippen molar-refractivity contribution in [2.75, 3.05) is 37.3 Å². The minimum atomic E-state index is -2.54. The Hall–Kier alpha value is -2.10. The molecule has 214 valence electrons. The summed E-state index contributed by atoms with van der Waals surface area (Å²) in [6.45, 7) is 1.98. The third kappa shape index (κ3) is 6.85. The quantitative estimate of drug-likeness (QED) is 0.227. The van der Waals surface area contributed by atoms with Gasteiger partial charge in [0.2, 0.25) is 0 Å². The Kier molecular flexibility index (Phi) is 9.12. The van der Waals surface area contributed by atoms with E-state index in [0.29, 0.717) is 66.0 Å². The SMILES string of the molecule is N#Cc1cc(SNC(=O)C2CCCCO2)cc(Cl)c1NC(CCN1CC2(C1)CC2(F)F)CSc1ccc(F)cc1. The first kappa shape index (κ1) is 29.4. The highest BCUT2D eigenvalue weighted by molar-refractivity contribution is 7.99. The van der Waals surface area contributed by atoms with Crippen molar-refractivity contribution in [1.82, 2.24) is 9.62 Å². The molecule has 2 N–H and O–H groups in total.